The summed E-state index contributed by atoms with van der Waals surface area (Å²) in [5.41, 5.74) is 0.977. The lowest BCUT2D eigenvalue weighted by Crippen LogP contribution is -2.41. The standard InChI is InChI=1S/C11H11ClN4O4/c12-9-6-10(14-2-13-9)16(3-15-6)11-7(17)8-5(20-11)1-18-4-19-8/h2-3,5,7-8,11,17H,1,4H2/t5-,7?,8-,11+/m0/s1. The van der Waals surface area contributed by atoms with Crippen LogP contribution < -0.4 is 0 Å². The minimum absolute atomic E-state index is 0.160. The van der Waals surface area contributed by atoms with Crippen LogP contribution in [0.5, 0.6) is 0 Å². The highest BCUT2D eigenvalue weighted by Gasteiger charge is 2.47. The van der Waals surface area contributed by atoms with Gasteiger partial charge in [-0.05, 0) is 0 Å². The van der Waals surface area contributed by atoms with E-state index in [1.54, 1.807) is 4.57 Å². The van der Waals surface area contributed by atoms with E-state index in [-0.39, 0.29) is 18.1 Å². The Morgan fingerprint density at radius 2 is 2.25 bits per heavy atom. The van der Waals surface area contributed by atoms with Crippen molar-refractivity contribution in [3.05, 3.63) is 17.8 Å². The van der Waals surface area contributed by atoms with Crippen LogP contribution in [-0.4, -0.2) is 56.3 Å². The van der Waals surface area contributed by atoms with Gasteiger partial charge >= 0.3 is 0 Å². The Hall–Kier alpha value is -1.32. The predicted molar refractivity (Wildman–Crippen MR) is 65.9 cm³/mol. The molecule has 8 nitrogen and oxygen atoms in total. The van der Waals surface area contributed by atoms with Crippen molar-refractivity contribution in [2.45, 2.75) is 24.5 Å². The summed E-state index contributed by atoms with van der Waals surface area (Å²) < 4.78 is 18.0. The molecule has 9 heteroatoms. The van der Waals surface area contributed by atoms with E-state index in [1.807, 2.05) is 0 Å². The second-order valence-corrected chi connectivity index (χ2v) is 5.02. The molecule has 2 aromatic heterocycles. The van der Waals surface area contributed by atoms with Crippen LogP contribution in [0, 0.1) is 0 Å². The summed E-state index contributed by atoms with van der Waals surface area (Å²) in [6, 6.07) is 0. The fourth-order valence-corrected chi connectivity index (χ4v) is 2.77. The maximum atomic E-state index is 10.4. The number of aliphatic hydroxyl groups is 1. The fourth-order valence-electron chi connectivity index (χ4n) is 2.59. The van der Waals surface area contributed by atoms with Gasteiger partial charge in [-0.1, -0.05) is 11.6 Å². The van der Waals surface area contributed by atoms with Crippen LogP contribution in [0.3, 0.4) is 0 Å². The molecule has 0 radical (unpaired) electrons. The van der Waals surface area contributed by atoms with Gasteiger partial charge in [-0.25, -0.2) is 15.0 Å². The fraction of sp³-hybridized carbons (Fsp3) is 0.545. The molecule has 4 heterocycles. The number of nitrogens with zero attached hydrogens (tertiary/aromatic N) is 4. The Kier molecular flexibility index (Phi) is 2.86. The predicted octanol–water partition coefficient (Wildman–Crippen LogP) is 0.111. The number of halogens is 1. The van der Waals surface area contributed by atoms with Crippen molar-refractivity contribution >= 4 is 22.8 Å². The first-order chi connectivity index (χ1) is 9.75. The van der Waals surface area contributed by atoms with Gasteiger partial charge in [-0.2, -0.15) is 0 Å². The molecule has 106 valence electrons. The number of aliphatic hydroxyl groups excluding tert-OH is 1. The number of hydrogen-bond donors (Lipinski definition) is 1. The van der Waals surface area contributed by atoms with Crippen molar-refractivity contribution < 1.29 is 19.3 Å². The van der Waals surface area contributed by atoms with Gasteiger partial charge in [-0.3, -0.25) is 4.57 Å². The van der Waals surface area contributed by atoms with Gasteiger partial charge in [0, 0.05) is 0 Å². The lowest BCUT2D eigenvalue weighted by Gasteiger charge is -2.25. The molecule has 0 bridgehead atoms. The van der Waals surface area contributed by atoms with Crippen molar-refractivity contribution in [3.63, 3.8) is 0 Å². The van der Waals surface area contributed by atoms with E-state index in [0.29, 0.717) is 17.8 Å². The number of rotatable bonds is 1. The van der Waals surface area contributed by atoms with Crippen LogP contribution in [0.2, 0.25) is 5.15 Å². The quantitative estimate of drug-likeness (QED) is 0.747. The maximum Gasteiger partial charge on any atom is 0.167 e. The Morgan fingerprint density at radius 1 is 1.35 bits per heavy atom. The molecule has 4 atom stereocenters. The van der Waals surface area contributed by atoms with Gasteiger partial charge in [0.1, 0.15) is 36.9 Å². The maximum absolute atomic E-state index is 10.4. The molecule has 2 fully saturated rings. The highest BCUT2D eigenvalue weighted by atomic mass is 35.5. The van der Waals surface area contributed by atoms with Crippen LogP contribution in [0.15, 0.2) is 12.7 Å². The molecule has 2 saturated heterocycles. The van der Waals surface area contributed by atoms with Crippen molar-refractivity contribution in [1.29, 1.82) is 0 Å². The van der Waals surface area contributed by atoms with Crippen molar-refractivity contribution in [2.75, 3.05) is 13.4 Å². The third-order valence-electron chi connectivity index (χ3n) is 3.52. The normalized spacial score (nSPS) is 33.5. The van der Waals surface area contributed by atoms with Crippen molar-refractivity contribution in [3.8, 4) is 0 Å². The minimum Gasteiger partial charge on any atom is -0.386 e. The van der Waals surface area contributed by atoms with E-state index in [2.05, 4.69) is 15.0 Å². The van der Waals surface area contributed by atoms with E-state index in [0.717, 1.165) is 0 Å². The number of ether oxygens (including phenoxy) is 3. The zero-order valence-corrected chi connectivity index (χ0v) is 11.0. The van der Waals surface area contributed by atoms with Crippen molar-refractivity contribution in [2.24, 2.45) is 0 Å². The first-order valence-electron chi connectivity index (χ1n) is 6.11. The summed E-state index contributed by atoms with van der Waals surface area (Å²) in [5.74, 6) is 0. The molecule has 20 heavy (non-hydrogen) atoms. The Balaban J connectivity index is 1.74. The van der Waals surface area contributed by atoms with Crippen LogP contribution in [0.1, 0.15) is 6.23 Å². The summed E-state index contributed by atoms with van der Waals surface area (Å²) in [6.07, 6.45) is 0.688. The summed E-state index contributed by atoms with van der Waals surface area (Å²) in [6.45, 7) is 0.549. The van der Waals surface area contributed by atoms with Gasteiger partial charge in [0.05, 0.1) is 12.9 Å². The molecule has 2 aromatic rings. The zero-order valence-electron chi connectivity index (χ0n) is 10.2. The number of hydrogen-bond acceptors (Lipinski definition) is 7. The molecule has 1 unspecified atom stereocenters. The Morgan fingerprint density at radius 3 is 3.10 bits per heavy atom. The monoisotopic (exact) mass is 298 g/mol. The topological polar surface area (TPSA) is 91.5 Å². The number of aromatic nitrogens is 4. The number of imidazole rings is 1. The Labute approximate surface area is 118 Å². The summed E-state index contributed by atoms with van der Waals surface area (Å²) in [7, 11) is 0. The second-order valence-electron chi connectivity index (χ2n) is 4.66. The molecular formula is C11H11ClN4O4. The third kappa shape index (κ3) is 1.73. The third-order valence-corrected chi connectivity index (χ3v) is 3.80. The summed E-state index contributed by atoms with van der Waals surface area (Å²) in [4.78, 5) is 12.2. The van der Waals surface area contributed by atoms with Crippen LogP contribution in [-0.2, 0) is 14.2 Å². The number of fused-ring (bicyclic) bond motifs is 2. The van der Waals surface area contributed by atoms with Gasteiger partial charge in [0.2, 0.25) is 0 Å². The van der Waals surface area contributed by atoms with Gasteiger partial charge in [0.25, 0.3) is 0 Å². The SMILES string of the molecule is OC1[C@H]2OCOC[C@@H]2O[C@H]1n1cnc2c(Cl)ncnc21. The molecule has 4 rings (SSSR count). The van der Waals surface area contributed by atoms with E-state index >= 15 is 0 Å². The van der Waals surface area contributed by atoms with E-state index in [9.17, 15) is 5.11 Å². The minimum atomic E-state index is -0.824. The second kappa shape index (κ2) is 4.61. The van der Waals surface area contributed by atoms with Gasteiger partial charge < -0.3 is 19.3 Å². The molecule has 0 spiro atoms. The van der Waals surface area contributed by atoms with Crippen molar-refractivity contribution in [1.82, 2.24) is 19.5 Å². The van der Waals surface area contributed by atoms with Gasteiger partial charge in [0.15, 0.2) is 17.0 Å². The average Bonchev–Trinajstić information content (AvgIpc) is 3.02. The first-order valence-corrected chi connectivity index (χ1v) is 6.49. The molecule has 0 aliphatic carbocycles. The van der Waals surface area contributed by atoms with Crippen LogP contribution in [0.4, 0.5) is 0 Å². The first kappa shape index (κ1) is 12.4. The van der Waals surface area contributed by atoms with Crippen LogP contribution >= 0.6 is 11.6 Å². The van der Waals surface area contributed by atoms with E-state index in [1.165, 1.54) is 12.7 Å². The highest BCUT2D eigenvalue weighted by Crippen LogP contribution is 2.35. The lowest BCUT2D eigenvalue weighted by molar-refractivity contribution is -0.189. The lowest BCUT2D eigenvalue weighted by atomic mass is 10.1. The van der Waals surface area contributed by atoms with Gasteiger partial charge in [-0.15, -0.1) is 0 Å². The molecule has 1 N–H and O–H groups in total. The largest absolute Gasteiger partial charge is 0.386 e. The molecular weight excluding hydrogens is 288 g/mol. The summed E-state index contributed by atoms with van der Waals surface area (Å²) in [5, 5.41) is 10.6. The molecule has 2 aliphatic heterocycles. The van der Waals surface area contributed by atoms with Crippen LogP contribution in [0.25, 0.3) is 11.2 Å². The zero-order chi connectivity index (χ0) is 13.7. The smallest absolute Gasteiger partial charge is 0.167 e. The highest BCUT2D eigenvalue weighted by molar-refractivity contribution is 6.33. The molecule has 0 aromatic carbocycles. The molecule has 0 saturated carbocycles. The molecule has 0 amide bonds. The average molecular weight is 299 g/mol. The van der Waals surface area contributed by atoms with E-state index in [4.69, 9.17) is 25.8 Å². The summed E-state index contributed by atoms with van der Waals surface area (Å²) >= 11 is 5.96. The molecule has 2 aliphatic rings. The Bertz CT molecular complexity index is 650. The van der Waals surface area contributed by atoms with E-state index < -0.39 is 18.4 Å².